The second-order valence-electron chi connectivity index (χ2n) is 4.75. The van der Waals surface area contributed by atoms with Crippen LogP contribution in [0.1, 0.15) is 71.6 Å². The molecule has 0 heterocycles. The summed E-state index contributed by atoms with van der Waals surface area (Å²) < 4.78 is 0. The molecule has 0 amide bonds. The Morgan fingerprint density at radius 2 is 1.86 bits per heavy atom. The first-order valence-electron chi connectivity index (χ1n) is 6.62. The summed E-state index contributed by atoms with van der Waals surface area (Å²) in [5, 5.41) is 3.84. The van der Waals surface area contributed by atoms with Gasteiger partial charge in [-0.1, -0.05) is 46.0 Å². The van der Waals surface area contributed by atoms with Crippen molar-refractivity contribution in [3.8, 4) is 0 Å². The molecule has 1 saturated carbocycles. The molecule has 1 rings (SSSR count). The van der Waals surface area contributed by atoms with Gasteiger partial charge in [0.15, 0.2) is 0 Å². The molecule has 14 heavy (non-hydrogen) atoms. The number of rotatable bonds is 6. The summed E-state index contributed by atoms with van der Waals surface area (Å²) in [6.45, 7) is 4.60. The molecule has 1 heteroatoms. The molecule has 0 bridgehead atoms. The van der Waals surface area contributed by atoms with Gasteiger partial charge in [-0.25, -0.2) is 0 Å². The summed E-state index contributed by atoms with van der Waals surface area (Å²) in [6.07, 6.45) is 12.6. The molecule has 0 spiro atoms. The van der Waals surface area contributed by atoms with Crippen molar-refractivity contribution in [3.05, 3.63) is 0 Å². The van der Waals surface area contributed by atoms with Crippen LogP contribution in [0.4, 0.5) is 0 Å². The molecule has 84 valence electrons. The van der Waals surface area contributed by atoms with E-state index in [0.717, 1.165) is 12.1 Å². The second-order valence-corrected chi connectivity index (χ2v) is 4.75. The molecular weight excluding hydrogens is 170 g/mol. The van der Waals surface area contributed by atoms with Crippen LogP contribution in [0.2, 0.25) is 0 Å². The number of unbranched alkanes of at least 4 members (excludes halogenated alkanes) is 1. The average Bonchev–Trinajstić information content (AvgIpc) is 2.25. The van der Waals surface area contributed by atoms with Crippen LogP contribution in [-0.2, 0) is 0 Å². The SMILES string of the molecule is CCCCC(CC)NC1CCCCC1. The Morgan fingerprint density at radius 1 is 1.14 bits per heavy atom. The van der Waals surface area contributed by atoms with Gasteiger partial charge >= 0.3 is 0 Å². The Kier molecular flexibility index (Phi) is 6.25. The van der Waals surface area contributed by atoms with Crippen molar-refractivity contribution >= 4 is 0 Å². The zero-order valence-electron chi connectivity index (χ0n) is 10.0. The maximum absolute atomic E-state index is 3.84. The van der Waals surface area contributed by atoms with Crippen LogP contribution >= 0.6 is 0 Å². The molecule has 0 saturated heterocycles. The van der Waals surface area contributed by atoms with E-state index in [1.165, 1.54) is 57.8 Å². The minimum absolute atomic E-state index is 0.790. The highest BCUT2D eigenvalue weighted by Gasteiger charge is 2.16. The standard InChI is InChI=1S/C13H27N/c1-3-5-9-12(4-2)14-13-10-7-6-8-11-13/h12-14H,3-11H2,1-2H3. The summed E-state index contributed by atoms with van der Waals surface area (Å²) in [6, 6.07) is 1.63. The fraction of sp³-hybridized carbons (Fsp3) is 1.00. The number of nitrogens with one attached hydrogen (secondary N) is 1. The summed E-state index contributed by atoms with van der Waals surface area (Å²) in [5.74, 6) is 0. The van der Waals surface area contributed by atoms with Gasteiger partial charge in [0.2, 0.25) is 0 Å². The topological polar surface area (TPSA) is 12.0 Å². The van der Waals surface area contributed by atoms with Crippen LogP contribution in [0.25, 0.3) is 0 Å². The maximum Gasteiger partial charge on any atom is 0.00696 e. The fourth-order valence-electron chi connectivity index (χ4n) is 2.46. The van der Waals surface area contributed by atoms with Gasteiger partial charge in [0, 0.05) is 12.1 Å². The summed E-state index contributed by atoms with van der Waals surface area (Å²) in [5.41, 5.74) is 0. The molecule has 1 atom stereocenters. The molecule has 0 aliphatic heterocycles. The first kappa shape index (κ1) is 12.0. The highest BCUT2D eigenvalue weighted by Crippen LogP contribution is 2.19. The quantitative estimate of drug-likeness (QED) is 0.681. The molecule has 1 fully saturated rings. The number of hydrogen-bond donors (Lipinski definition) is 1. The molecule has 1 unspecified atom stereocenters. The minimum Gasteiger partial charge on any atom is -0.311 e. The molecule has 0 aromatic rings. The third-order valence-corrected chi connectivity index (χ3v) is 3.48. The third kappa shape index (κ3) is 4.45. The van der Waals surface area contributed by atoms with Crippen LogP contribution in [0.3, 0.4) is 0 Å². The van der Waals surface area contributed by atoms with Crippen molar-refractivity contribution in [2.75, 3.05) is 0 Å². The van der Waals surface area contributed by atoms with Gasteiger partial charge in [-0.05, 0) is 25.7 Å². The van der Waals surface area contributed by atoms with E-state index in [9.17, 15) is 0 Å². The molecule has 0 aromatic carbocycles. The van der Waals surface area contributed by atoms with Crippen LogP contribution < -0.4 is 5.32 Å². The van der Waals surface area contributed by atoms with Crippen molar-refractivity contribution < 1.29 is 0 Å². The highest BCUT2D eigenvalue weighted by molar-refractivity contribution is 4.76. The summed E-state index contributed by atoms with van der Waals surface area (Å²) in [7, 11) is 0. The maximum atomic E-state index is 3.84. The lowest BCUT2D eigenvalue weighted by atomic mass is 9.94. The van der Waals surface area contributed by atoms with E-state index in [0.29, 0.717) is 0 Å². The fourth-order valence-corrected chi connectivity index (χ4v) is 2.46. The Balaban J connectivity index is 2.16. The largest absolute Gasteiger partial charge is 0.311 e. The van der Waals surface area contributed by atoms with Gasteiger partial charge < -0.3 is 5.32 Å². The highest BCUT2D eigenvalue weighted by atomic mass is 14.9. The normalized spacial score (nSPS) is 21.0. The molecule has 1 N–H and O–H groups in total. The lowest BCUT2D eigenvalue weighted by molar-refractivity contribution is 0.319. The molecular formula is C13H27N. The molecule has 0 aromatic heterocycles. The first-order valence-corrected chi connectivity index (χ1v) is 6.62. The molecule has 0 radical (unpaired) electrons. The van der Waals surface area contributed by atoms with Gasteiger partial charge in [-0.3, -0.25) is 0 Å². The zero-order chi connectivity index (χ0) is 10.2. The lowest BCUT2D eigenvalue weighted by Gasteiger charge is -2.28. The monoisotopic (exact) mass is 197 g/mol. The zero-order valence-corrected chi connectivity index (χ0v) is 10.0. The van der Waals surface area contributed by atoms with E-state index in [4.69, 9.17) is 0 Å². The van der Waals surface area contributed by atoms with Crippen molar-refractivity contribution in [2.24, 2.45) is 0 Å². The summed E-state index contributed by atoms with van der Waals surface area (Å²) in [4.78, 5) is 0. The molecule has 1 aliphatic rings. The predicted octanol–water partition coefficient (Wildman–Crippen LogP) is 3.88. The summed E-state index contributed by atoms with van der Waals surface area (Å²) >= 11 is 0. The Morgan fingerprint density at radius 3 is 2.43 bits per heavy atom. The van der Waals surface area contributed by atoms with Crippen molar-refractivity contribution in [1.29, 1.82) is 0 Å². The van der Waals surface area contributed by atoms with Gasteiger partial charge in [0.1, 0.15) is 0 Å². The number of hydrogen-bond acceptors (Lipinski definition) is 1. The smallest absolute Gasteiger partial charge is 0.00696 e. The van der Waals surface area contributed by atoms with Crippen LogP contribution in [0.5, 0.6) is 0 Å². The minimum atomic E-state index is 0.790. The Bertz CT molecular complexity index is 127. The Labute approximate surface area is 89.7 Å². The van der Waals surface area contributed by atoms with Gasteiger partial charge in [-0.15, -0.1) is 0 Å². The molecule has 1 aliphatic carbocycles. The van der Waals surface area contributed by atoms with Crippen molar-refractivity contribution in [1.82, 2.24) is 5.32 Å². The van der Waals surface area contributed by atoms with Gasteiger partial charge in [0.25, 0.3) is 0 Å². The van der Waals surface area contributed by atoms with Crippen LogP contribution in [-0.4, -0.2) is 12.1 Å². The van der Waals surface area contributed by atoms with Crippen LogP contribution in [0.15, 0.2) is 0 Å². The Hall–Kier alpha value is -0.0400. The van der Waals surface area contributed by atoms with E-state index in [-0.39, 0.29) is 0 Å². The average molecular weight is 197 g/mol. The van der Waals surface area contributed by atoms with Crippen LogP contribution in [0, 0.1) is 0 Å². The van der Waals surface area contributed by atoms with Crippen molar-refractivity contribution in [3.63, 3.8) is 0 Å². The predicted molar refractivity (Wildman–Crippen MR) is 63.6 cm³/mol. The van der Waals surface area contributed by atoms with E-state index >= 15 is 0 Å². The second kappa shape index (κ2) is 7.28. The van der Waals surface area contributed by atoms with E-state index in [2.05, 4.69) is 19.2 Å². The molecule has 1 nitrogen and oxygen atoms in total. The van der Waals surface area contributed by atoms with E-state index in [1.54, 1.807) is 0 Å². The van der Waals surface area contributed by atoms with Crippen molar-refractivity contribution in [2.45, 2.75) is 83.7 Å². The van der Waals surface area contributed by atoms with E-state index < -0.39 is 0 Å². The third-order valence-electron chi connectivity index (χ3n) is 3.48. The lowest BCUT2D eigenvalue weighted by Crippen LogP contribution is -2.39. The van der Waals surface area contributed by atoms with Gasteiger partial charge in [0.05, 0.1) is 0 Å². The first-order chi connectivity index (χ1) is 6.86. The van der Waals surface area contributed by atoms with Gasteiger partial charge in [-0.2, -0.15) is 0 Å². The van der Waals surface area contributed by atoms with E-state index in [1.807, 2.05) is 0 Å².